The van der Waals surface area contributed by atoms with Crippen LogP contribution in [-0.2, 0) is 11.3 Å². The Labute approximate surface area is 142 Å². The summed E-state index contributed by atoms with van der Waals surface area (Å²) in [5.41, 5.74) is 1.06. The zero-order valence-corrected chi connectivity index (χ0v) is 13.6. The first-order valence-electron chi connectivity index (χ1n) is 7.66. The zero-order valence-electron chi connectivity index (χ0n) is 12.8. The lowest BCUT2D eigenvalue weighted by molar-refractivity contribution is 0.122. The highest BCUT2D eigenvalue weighted by Crippen LogP contribution is 2.25. The van der Waals surface area contributed by atoms with Crippen LogP contribution in [0.25, 0.3) is 11.0 Å². The molecule has 0 amide bonds. The average molecular weight is 348 g/mol. The molecule has 0 spiro atoms. The first kappa shape index (κ1) is 15.3. The standard InChI is InChI=1S/C16H15ClFN5O/c17-13-2-1-3-14(18)12(13)9-23-16-11(8-21-23)15(19-10-20-16)22-4-6-24-7-5-22/h1-3,8,10H,4-7,9H2. The summed E-state index contributed by atoms with van der Waals surface area (Å²) in [6, 6.07) is 4.64. The Balaban J connectivity index is 1.73. The highest BCUT2D eigenvalue weighted by atomic mass is 35.5. The van der Waals surface area contributed by atoms with Gasteiger partial charge in [0.1, 0.15) is 18.0 Å². The fraction of sp³-hybridized carbons (Fsp3) is 0.312. The normalized spacial score (nSPS) is 15.2. The molecule has 0 saturated carbocycles. The number of morpholine rings is 1. The van der Waals surface area contributed by atoms with E-state index in [1.54, 1.807) is 23.0 Å². The second-order valence-electron chi connectivity index (χ2n) is 5.54. The van der Waals surface area contributed by atoms with Crippen molar-refractivity contribution in [1.29, 1.82) is 0 Å². The van der Waals surface area contributed by atoms with E-state index in [9.17, 15) is 4.39 Å². The molecular weight excluding hydrogens is 333 g/mol. The van der Waals surface area contributed by atoms with Crippen LogP contribution in [0, 0.1) is 5.82 Å². The summed E-state index contributed by atoms with van der Waals surface area (Å²) in [4.78, 5) is 10.9. The van der Waals surface area contributed by atoms with Gasteiger partial charge in [0.05, 0.1) is 31.3 Å². The van der Waals surface area contributed by atoms with Crippen molar-refractivity contribution in [1.82, 2.24) is 19.7 Å². The number of hydrogen-bond acceptors (Lipinski definition) is 5. The topological polar surface area (TPSA) is 56.1 Å². The maximum absolute atomic E-state index is 14.0. The van der Waals surface area contributed by atoms with Crippen LogP contribution in [0.2, 0.25) is 5.02 Å². The van der Waals surface area contributed by atoms with Crippen molar-refractivity contribution in [2.75, 3.05) is 31.2 Å². The van der Waals surface area contributed by atoms with E-state index >= 15 is 0 Å². The van der Waals surface area contributed by atoms with E-state index in [2.05, 4.69) is 20.0 Å². The van der Waals surface area contributed by atoms with Gasteiger partial charge >= 0.3 is 0 Å². The van der Waals surface area contributed by atoms with E-state index in [0.717, 1.165) is 24.3 Å². The van der Waals surface area contributed by atoms with E-state index in [1.807, 2.05) is 0 Å². The molecular formula is C16H15ClFN5O. The average Bonchev–Trinajstić information content (AvgIpc) is 3.02. The molecule has 4 rings (SSSR count). The lowest BCUT2D eigenvalue weighted by atomic mass is 10.2. The summed E-state index contributed by atoms with van der Waals surface area (Å²) in [5.74, 6) is 0.475. The van der Waals surface area contributed by atoms with Crippen LogP contribution in [0.5, 0.6) is 0 Å². The minimum absolute atomic E-state index is 0.217. The van der Waals surface area contributed by atoms with Crippen molar-refractivity contribution in [3.05, 3.63) is 47.1 Å². The predicted octanol–water partition coefficient (Wildman–Crippen LogP) is 2.50. The summed E-state index contributed by atoms with van der Waals surface area (Å²) in [5, 5.41) is 5.57. The quantitative estimate of drug-likeness (QED) is 0.728. The van der Waals surface area contributed by atoms with Crippen molar-refractivity contribution >= 4 is 28.5 Å². The number of halogens is 2. The van der Waals surface area contributed by atoms with Gasteiger partial charge in [0.15, 0.2) is 5.65 Å². The largest absolute Gasteiger partial charge is 0.378 e. The summed E-state index contributed by atoms with van der Waals surface area (Å²) in [6.45, 7) is 3.11. The number of rotatable bonds is 3. The Morgan fingerprint density at radius 2 is 2.04 bits per heavy atom. The Hall–Kier alpha value is -2.25. The lowest BCUT2D eigenvalue weighted by Gasteiger charge is -2.27. The van der Waals surface area contributed by atoms with Gasteiger partial charge in [-0.15, -0.1) is 0 Å². The Bertz CT molecular complexity index is 858. The number of ether oxygens (including phenoxy) is 1. The van der Waals surface area contributed by atoms with Crippen molar-refractivity contribution < 1.29 is 9.13 Å². The number of anilines is 1. The molecule has 2 aromatic heterocycles. The molecule has 3 heterocycles. The highest BCUT2D eigenvalue weighted by molar-refractivity contribution is 6.31. The number of nitrogens with zero attached hydrogens (tertiary/aromatic N) is 5. The summed E-state index contributed by atoms with van der Waals surface area (Å²) in [6.07, 6.45) is 3.23. The molecule has 6 nitrogen and oxygen atoms in total. The molecule has 124 valence electrons. The Morgan fingerprint density at radius 1 is 1.21 bits per heavy atom. The van der Waals surface area contributed by atoms with Gasteiger partial charge in [-0.2, -0.15) is 5.10 Å². The van der Waals surface area contributed by atoms with Crippen LogP contribution in [-0.4, -0.2) is 46.1 Å². The SMILES string of the molecule is Fc1cccc(Cl)c1Cn1ncc2c(N3CCOCC3)ncnc21. The molecule has 0 atom stereocenters. The molecule has 1 aliphatic heterocycles. The molecule has 1 fully saturated rings. The molecule has 8 heteroatoms. The second-order valence-corrected chi connectivity index (χ2v) is 5.94. The number of hydrogen-bond donors (Lipinski definition) is 0. The highest BCUT2D eigenvalue weighted by Gasteiger charge is 2.18. The molecule has 1 saturated heterocycles. The van der Waals surface area contributed by atoms with Crippen molar-refractivity contribution in [2.24, 2.45) is 0 Å². The maximum Gasteiger partial charge on any atom is 0.163 e. The number of fused-ring (bicyclic) bond motifs is 1. The van der Waals surface area contributed by atoms with Gasteiger partial charge in [-0.25, -0.2) is 19.0 Å². The third-order valence-electron chi connectivity index (χ3n) is 4.09. The minimum Gasteiger partial charge on any atom is -0.378 e. The van der Waals surface area contributed by atoms with Crippen molar-refractivity contribution in [2.45, 2.75) is 6.54 Å². The fourth-order valence-electron chi connectivity index (χ4n) is 2.86. The second kappa shape index (κ2) is 6.33. The van der Waals surface area contributed by atoms with Crippen LogP contribution < -0.4 is 4.90 Å². The molecule has 0 unspecified atom stereocenters. The molecule has 1 aromatic carbocycles. The van der Waals surface area contributed by atoms with Gasteiger partial charge in [0.25, 0.3) is 0 Å². The van der Waals surface area contributed by atoms with E-state index in [4.69, 9.17) is 16.3 Å². The Kier molecular flexibility index (Phi) is 4.03. The number of benzene rings is 1. The van der Waals surface area contributed by atoms with Gasteiger partial charge < -0.3 is 9.64 Å². The van der Waals surface area contributed by atoms with Gasteiger partial charge in [-0.1, -0.05) is 17.7 Å². The summed E-state index contributed by atoms with van der Waals surface area (Å²) >= 11 is 6.11. The van der Waals surface area contributed by atoms with Crippen LogP contribution in [0.15, 0.2) is 30.7 Å². The molecule has 24 heavy (non-hydrogen) atoms. The minimum atomic E-state index is -0.353. The van der Waals surface area contributed by atoms with Gasteiger partial charge in [-0.3, -0.25) is 0 Å². The van der Waals surface area contributed by atoms with Crippen LogP contribution in [0.4, 0.5) is 10.2 Å². The first-order chi connectivity index (χ1) is 11.7. The summed E-state index contributed by atoms with van der Waals surface area (Å²) in [7, 11) is 0. The number of aromatic nitrogens is 4. The molecule has 0 bridgehead atoms. The molecule has 1 aliphatic rings. The van der Waals surface area contributed by atoms with E-state index in [0.29, 0.717) is 29.4 Å². The fourth-order valence-corrected chi connectivity index (χ4v) is 3.08. The van der Waals surface area contributed by atoms with Gasteiger partial charge in [0, 0.05) is 23.7 Å². The molecule has 0 aliphatic carbocycles. The first-order valence-corrected chi connectivity index (χ1v) is 8.04. The third kappa shape index (κ3) is 2.70. The lowest BCUT2D eigenvalue weighted by Crippen LogP contribution is -2.36. The molecule has 0 N–H and O–H groups in total. The zero-order chi connectivity index (χ0) is 16.5. The van der Waals surface area contributed by atoms with Crippen LogP contribution in [0.3, 0.4) is 0 Å². The summed E-state index contributed by atoms with van der Waals surface area (Å²) < 4.78 is 21.1. The Morgan fingerprint density at radius 3 is 2.83 bits per heavy atom. The van der Waals surface area contributed by atoms with Gasteiger partial charge in [0.2, 0.25) is 0 Å². The van der Waals surface area contributed by atoms with Crippen molar-refractivity contribution in [3.63, 3.8) is 0 Å². The van der Waals surface area contributed by atoms with Crippen LogP contribution in [0.1, 0.15) is 5.56 Å². The maximum atomic E-state index is 14.0. The smallest absolute Gasteiger partial charge is 0.163 e. The predicted molar refractivity (Wildman–Crippen MR) is 88.9 cm³/mol. The van der Waals surface area contributed by atoms with Gasteiger partial charge in [-0.05, 0) is 12.1 Å². The van der Waals surface area contributed by atoms with Crippen molar-refractivity contribution in [3.8, 4) is 0 Å². The van der Waals surface area contributed by atoms with Crippen LogP contribution >= 0.6 is 11.6 Å². The van der Waals surface area contributed by atoms with E-state index in [-0.39, 0.29) is 12.4 Å². The molecule has 3 aromatic rings. The molecule has 0 radical (unpaired) electrons. The van der Waals surface area contributed by atoms with E-state index < -0.39 is 0 Å². The third-order valence-corrected chi connectivity index (χ3v) is 4.45. The monoisotopic (exact) mass is 347 g/mol. The van der Waals surface area contributed by atoms with E-state index in [1.165, 1.54) is 12.4 Å².